The van der Waals surface area contributed by atoms with Crippen LogP contribution in [-0.2, 0) is 4.74 Å². The molecule has 0 amide bonds. The summed E-state index contributed by atoms with van der Waals surface area (Å²) in [7, 11) is 7.94. The quantitative estimate of drug-likeness (QED) is 0.494. The Balaban J connectivity index is 0. The monoisotopic (exact) mass is 192 g/mol. The second-order valence-corrected chi connectivity index (χ2v) is 3.24. The number of nitrogens with zero attached hydrogens (tertiary/aromatic N) is 2. The van der Waals surface area contributed by atoms with E-state index in [-0.39, 0.29) is 6.61 Å². The van der Waals surface area contributed by atoms with Gasteiger partial charge in [-0.25, -0.2) is 0 Å². The van der Waals surface area contributed by atoms with Crippen LogP contribution >= 0.6 is 0 Å². The summed E-state index contributed by atoms with van der Waals surface area (Å²) in [4.78, 5) is 4.02. The minimum atomic E-state index is 0.105. The number of hydrogen-bond donors (Lipinski definition) is 1. The second kappa shape index (κ2) is 11.8. The Morgan fingerprint density at radius 1 is 1.08 bits per heavy atom. The van der Waals surface area contributed by atoms with E-state index in [0.717, 1.165) is 6.54 Å². The normalized spacial score (nSPS) is 10.2. The van der Waals surface area contributed by atoms with E-state index in [1.54, 1.807) is 0 Å². The third kappa shape index (κ3) is 24.5. The lowest BCUT2D eigenvalue weighted by molar-refractivity contribution is 0.0338. The van der Waals surface area contributed by atoms with E-state index in [2.05, 4.69) is 25.9 Å². The third-order valence-electron chi connectivity index (χ3n) is 1.22. The van der Waals surface area contributed by atoms with E-state index in [1.165, 1.54) is 0 Å². The van der Waals surface area contributed by atoms with Crippen LogP contribution in [-0.4, -0.2) is 69.6 Å². The number of aliphatic hydroxyl groups is 1. The summed E-state index contributed by atoms with van der Waals surface area (Å²) >= 11 is 0. The Labute approximate surface area is 82.1 Å². The van der Waals surface area contributed by atoms with Gasteiger partial charge in [0.25, 0.3) is 0 Å². The van der Waals surface area contributed by atoms with Crippen molar-refractivity contribution in [3.63, 3.8) is 0 Å². The molecule has 0 heterocycles. The summed E-state index contributed by atoms with van der Waals surface area (Å²) in [6.07, 6.45) is 0. The molecule has 0 saturated heterocycles. The van der Waals surface area contributed by atoms with Crippen LogP contribution in [0.1, 0.15) is 6.92 Å². The molecule has 0 bridgehead atoms. The van der Waals surface area contributed by atoms with Crippen LogP contribution in [0.25, 0.3) is 0 Å². The highest BCUT2D eigenvalue weighted by atomic mass is 16.5. The van der Waals surface area contributed by atoms with E-state index in [1.807, 2.05) is 19.0 Å². The molecule has 0 aromatic carbocycles. The minimum Gasteiger partial charge on any atom is -0.394 e. The summed E-state index contributed by atoms with van der Waals surface area (Å²) in [6.45, 7) is 4.38. The fraction of sp³-hybridized carbons (Fsp3) is 1.00. The van der Waals surface area contributed by atoms with E-state index in [9.17, 15) is 0 Å². The van der Waals surface area contributed by atoms with Crippen molar-refractivity contribution in [2.24, 2.45) is 0 Å². The largest absolute Gasteiger partial charge is 0.394 e. The second-order valence-electron chi connectivity index (χ2n) is 3.24. The molecule has 0 aromatic heterocycles. The van der Waals surface area contributed by atoms with Gasteiger partial charge in [-0.15, -0.1) is 0 Å². The molecule has 13 heavy (non-hydrogen) atoms. The van der Waals surface area contributed by atoms with Crippen molar-refractivity contribution in [3.8, 4) is 0 Å². The van der Waals surface area contributed by atoms with Gasteiger partial charge in [-0.2, -0.15) is 0 Å². The molecule has 0 aliphatic carbocycles. The van der Waals surface area contributed by atoms with Crippen LogP contribution in [0.4, 0.5) is 0 Å². The first-order valence-corrected chi connectivity index (χ1v) is 4.52. The highest BCUT2D eigenvalue weighted by Crippen LogP contribution is 1.75. The molecule has 0 aliphatic rings. The van der Waals surface area contributed by atoms with Crippen molar-refractivity contribution in [1.82, 2.24) is 9.80 Å². The van der Waals surface area contributed by atoms with Gasteiger partial charge >= 0.3 is 0 Å². The lowest BCUT2D eigenvalue weighted by Crippen LogP contribution is -2.17. The zero-order valence-electron chi connectivity index (χ0n) is 9.58. The van der Waals surface area contributed by atoms with E-state index in [0.29, 0.717) is 13.3 Å². The van der Waals surface area contributed by atoms with Gasteiger partial charge in [0.2, 0.25) is 0 Å². The molecule has 4 nitrogen and oxygen atoms in total. The predicted molar refractivity (Wildman–Crippen MR) is 55.8 cm³/mol. The summed E-state index contributed by atoms with van der Waals surface area (Å²) in [5.41, 5.74) is 0. The van der Waals surface area contributed by atoms with E-state index >= 15 is 0 Å². The Morgan fingerprint density at radius 2 is 1.54 bits per heavy atom. The topological polar surface area (TPSA) is 35.9 Å². The van der Waals surface area contributed by atoms with Crippen LogP contribution in [0.5, 0.6) is 0 Å². The Kier molecular flexibility index (Phi) is 14.0. The van der Waals surface area contributed by atoms with Gasteiger partial charge in [-0.3, -0.25) is 4.90 Å². The van der Waals surface area contributed by atoms with Gasteiger partial charge in [-0.1, -0.05) is 6.92 Å². The van der Waals surface area contributed by atoms with Gasteiger partial charge < -0.3 is 14.7 Å². The Bertz CT molecular complexity index is 87.7. The first kappa shape index (κ1) is 15.3. The van der Waals surface area contributed by atoms with Gasteiger partial charge in [0.15, 0.2) is 0 Å². The lowest BCUT2D eigenvalue weighted by Gasteiger charge is -2.08. The molecular weight excluding hydrogens is 168 g/mol. The maximum atomic E-state index is 8.24. The SMILES string of the molecule is CCN(C)C.CN(C)COCCO. The fourth-order valence-electron chi connectivity index (χ4n) is 0.312. The summed E-state index contributed by atoms with van der Waals surface area (Å²) in [5, 5.41) is 8.24. The number of rotatable bonds is 5. The molecule has 0 fully saturated rings. The van der Waals surface area contributed by atoms with Gasteiger partial charge in [0, 0.05) is 0 Å². The van der Waals surface area contributed by atoms with Crippen molar-refractivity contribution in [2.45, 2.75) is 6.92 Å². The van der Waals surface area contributed by atoms with Crippen LogP contribution in [0, 0.1) is 0 Å². The maximum Gasteiger partial charge on any atom is 0.0986 e. The van der Waals surface area contributed by atoms with Crippen molar-refractivity contribution in [2.75, 3.05) is 54.7 Å². The van der Waals surface area contributed by atoms with Crippen molar-refractivity contribution < 1.29 is 9.84 Å². The van der Waals surface area contributed by atoms with Crippen molar-refractivity contribution in [3.05, 3.63) is 0 Å². The van der Waals surface area contributed by atoms with Crippen molar-refractivity contribution >= 4 is 0 Å². The standard InChI is InChI=1S/C5H13NO2.C4H11N/c1-6(2)5-8-4-3-7;1-4-5(2)3/h7H,3-5H2,1-2H3;4H2,1-3H3. The average Bonchev–Trinajstić information content (AvgIpc) is 2.05. The van der Waals surface area contributed by atoms with Crippen LogP contribution in [0.2, 0.25) is 0 Å². The van der Waals surface area contributed by atoms with Crippen LogP contribution in [0.3, 0.4) is 0 Å². The molecular formula is C9H24N2O2. The zero-order chi connectivity index (χ0) is 10.7. The molecule has 0 saturated carbocycles. The first-order chi connectivity index (χ1) is 6.04. The smallest absolute Gasteiger partial charge is 0.0986 e. The average molecular weight is 192 g/mol. The lowest BCUT2D eigenvalue weighted by atomic mass is 10.7. The summed E-state index contributed by atoms with van der Waals surface area (Å²) < 4.78 is 4.92. The van der Waals surface area contributed by atoms with E-state index in [4.69, 9.17) is 9.84 Å². The molecule has 0 radical (unpaired) electrons. The minimum absolute atomic E-state index is 0.105. The first-order valence-electron chi connectivity index (χ1n) is 4.52. The molecule has 0 spiro atoms. The molecule has 0 aromatic rings. The van der Waals surface area contributed by atoms with Crippen LogP contribution in [0.15, 0.2) is 0 Å². The van der Waals surface area contributed by atoms with E-state index < -0.39 is 0 Å². The summed E-state index contributed by atoms with van der Waals surface area (Å²) in [5.74, 6) is 0. The molecule has 0 unspecified atom stereocenters. The number of aliphatic hydroxyl groups excluding tert-OH is 1. The summed E-state index contributed by atoms with van der Waals surface area (Å²) in [6, 6.07) is 0. The van der Waals surface area contributed by atoms with Gasteiger partial charge in [0.05, 0.1) is 19.9 Å². The predicted octanol–water partition coefficient (Wildman–Crippen LogP) is 0.0823. The molecule has 0 aliphatic heterocycles. The number of ether oxygens (including phenoxy) is 1. The third-order valence-corrected chi connectivity index (χ3v) is 1.22. The van der Waals surface area contributed by atoms with Gasteiger partial charge in [-0.05, 0) is 34.7 Å². The van der Waals surface area contributed by atoms with Crippen LogP contribution < -0.4 is 0 Å². The molecule has 82 valence electrons. The Hall–Kier alpha value is -0.160. The highest BCUT2D eigenvalue weighted by molar-refractivity contribution is 4.27. The van der Waals surface area contributed by atoms with Gasteiger partial charge in [0.1, 0.15) is 0 Å². The maximum absolute atomic E-state index is 8.24. The highest BCUT2D eigenvalue weighted by Gasteiger charge is 1.85. The Morgan fingerprint density at radius 3 is 1.77 bits per heavy atom. The molecule has 4 heteroatoms. The van der Waals surface area contributed by atoms with Crippen molar-refractivity contribution in [1.29, 1.82) is 0 Å². The molecule has 0 atom stereocenters. The fourth-order valence-corrected chi connectivity index (χ4v) is 0.312. The molecule has 0 rings (SSSR count). The zero-order valence-corrected chi connectivity index (χ0v) is 9.58. The molecule has 1 N–H and O–H groups in total. The number of hydrogen-bond acceptors (Lipinski definition) is 4.